The van der Waals surface area contributed by atoms with Crippen molar-refractivity contribution in [2.45, 2.75) is 13.3 Å². The summed E-state index contributed by atoms with van der Waals surface area (Å²) in [6, 6.07) is 12.6. The van der Waals surface area contributed by atoms with Crippen LogP contribution in [-0.2, 0) is 4.79 Å². The molecule has 0 spiro atoms. The van der Waals surface area contributed by atoms with E-state index in [9.17, 15) is 9.59 Å². The van der Waals surface area contributed by atoms with Gasteiger partial charge in [-0.1, -0.05) is 36.2 Å². The molecule has 2 N–H and O–H groups in total. The molecule has 2 aromatic carbocycles. The van der Waals surface area contributed by atoms with Crippen LogP contribution in [0.1, 0.15) is 23.7 Å². The summed E-state index contributed by atoms with van der Waals surface area (Å²) >= 11 is 17.3. The number of carbonyl (C=O) groups excluding carboxylic acids is 2. The summed E-state index contributed by atoms with van der Waals surface area (Å²) in [7, 11) is 0. The fraction of sp³-hybridized carbons (Fsp3) is 0.286. The predicted octanol–water partition coefficient (Wildman–Crippen LogP) is 4.18. The van der Waals surface area contributed by atoms with Crippen LogP contribution in [0.25, 0.3) is 0 Å². The van der Waals surface area contributed by atoms with Crippen LogP contribution in [0.3, 0.4) is 0 Å². The molecule has 9 heteroatoms. The van der Waals surface area contributed by atoms with E-state index in [4.69, 9.17) is 35.4 Å². The topological polar surface area (TPSA) is 64.7 Å². The molecule has 2 amide bonds. The minimum Gasteiger partial charge on any atom is -0.368 e. The Morgan fingerprint density at radius 3 is 2.33 bits per heavy atom. The molecule has 3 rings (SSSR count). The number of rotatable bonds is 4. The summed E-state index contributed by atoms with van der Waals surface area (Å²) in [5, 5.41) is 6.24. The van der Waals surface area contributed by atoms with Gasteiger partial charge in [0.2, 0.25) is 5.91 Å². The molecule has 1 aliphatic rings. The molecule has 0 aliphatic carbocycles. The maximum Gasteiger partial charge on any atom is 0.258 e. The van der Waals surface area contributed by atoms with Crippen molar-refractivity contribution in [3.63, 3.8) is 0 Å². The minimum atomic E-state index is -0.434. The summed E-state index contributed by atoms with van der Waals surface area (Å²) in [6.07, 6.45) is 0.542. The van der Waals surface area contributed by atoms with Crippen LogP contribution in [0.15, 0.2) is 42.5 Å². The molecule has 1 saturated heterocycles. The first-order valence-corrected chi connectivity index (χ1v) is 10.7. The van der Waals surface area contributed by atoms with E-state index in [1.54, 1.807) is 18.2 Å². The zero-order chi connectivity index (χ0) is 21.7. The quantitative estimate of drug-likeness (QED) is 0.664. The summed E-state index contributed by atoms with van der Waals surface area (Å²) in [4.78, 5) is 28.3. The average Bonchev–Trinajstić information content (AvgIpc) is 2.75. The fourth-order valence-electron chi connectivity index (χ4n) is 3.21. The van der Waals surface area contributed by atoms with Gasteiger partial charge in [-0.3, -0.25) is 14.9 Å². The lowest BCUT2D eigenvalue weighted by molar-refractivity contribution is -0.131. The Hall–Kier alpha value is -2.35. The van der Waals surface area contributed by atoms with Crippen LogP contribution in [0, 0.1) is 0 Å². The Balaban J connectivity index is 1.54. The predicted molar refractivity (Wildman–Crippen MR) is 126 cm³/mol. The third kappa shape index (κ3) is 5.41. The first kappa shape index (κ1) is 22.3. The van der Waals surface area contributed by atoms with Gasteiger partial charge < -0.3 is 15.1 Å². The van der Waals surface area contributed by atoms with Crippen LogP contribution in [0.2, 0.25) is 10.0 Å². The number of carbonyl (C=O) groups is 2. The molecular weight excluding hydrogens is 443 g/mol. The molecule has 0 radical (unpaired) electrons. The van der Waals surface area contributed by atoms with E-state index in [1.165, 1.54) is 0 Å². The third-order valence-corrected chi connectivity index (χ3v) is 5.87. The Bertz CT molecular complexity index is 945. The highest BCUT2D eigenvalue weighted by atomic mass is 35.5. The number of halogens is 2. The average molecular weight is 465 g/mol. The molecule has 0 atom stereocenters. The number of anilines is 2. The van der Waals surface area contributed by atoms with Gasteiger partial charge in [-0.05, 0) is 48.6 Å². The lowest BCUT2D eigenvalue weighted by Crippen LogP contribution is -2.48. The summed E-state index contributed by atoms with van der Waals surface area (Å²) in [6.45, 7) is 4.95. The molecule has 1 aliphatic heterocycles. The first-order chi connectivity index (χ1) is 14.4. The second-order valence-electron chi connectivity index (χ2n) is 6.78. The molecule has 2 aromatic rings. The number of amides is 2. The van der Waals surface area contributed by atoms with Gasteiger partial charge in [-0.2, -0.15) is 0 Å². The van der Waals surface area contributed by atoms with Crippen LogP contribution in [0.5, 0.6) is 0 Å². The van der Waals surface area contributed by atoms with Gasteiger partial charge in [0.1, 0.15) is 0 Å². The number of benzene rings is 2. The highest BCUT2D eigenvalue weighted by Gasteiger charge is 2.20. The standard InChI is InChI=1S/C21H22Cl2N4O2S/c1-2-18(28)27-12-10-26(11-13-27)15-8-6-14(7-9-15)24-21(30)25-20(29)16-4-3-5-17(22)19(16)23/h3-9H,2,10-13H2,1H3,(H2,24,25,29,30). The Morgan fingerprint density at radius 2 is 1.70 bits per heavy atom. The minimum absolute atomic E-state index is 0.162. The highest BCUT2D eigenvalue weighted by molar-refractivity contribution is 7.80. The monoisotopic (exact) mass is 464 g/mol. The van der Waals surface area contributed by atoms with Gasteiger partial charge in [0, 0.05) is 44.0 Å². The smallest absolute Gasteiger partial charge is 0.258 e. The number of thiocarbonyl (C=S) groups is 1. The van der Waals surface area contributed by atoms with Gasteiger partial charge in [0.05, 0.1) is 15.6 Å². The summed E-state index contributed by atoms with van der Waals surface area (Å²) in [5.41, 5.74) is 2.08. The van der Waals surface area contributed by atoms with Crippen molar-refractivity contribution in [3.8, 4) is 0 Å². The molecule has 6 nitrogen and oxygen atoms in total. The maximum absolute atomic E-state index is 12.4. The summed E-state index contributed by atoms with van der Waals surface area (Å²) < 4.78 is 0. The lowest BCUT2D eigenvalue weighted by Gasteiger charge is -2.36. The molecule has 1 fully saturated rings. The molecule has 0 saturated carbocycles. The Morgan fingerprint density at radius 1 is 1.03 bits per heavy atom. The van der Waals surface area contributed by atoms with Gasteiger partial charge in [0.15, 0.2) is 5.11 Å². The van der Waals surface area contributed by atoms with E-state index >= 15 is 0 Å². The SMILES string of the molecule is CCC(=O)N1CCN(c2ccc(NC(=S)NC(=O)c3cccc(Cl)c3Cl)cc2)CC1. The largest absolute Gasteiger partial charge is 0.368 e. The van der Waals surface area contributed by atoms with E-state index < -0.39 is 5.91 Å². The van der Waals surface area contributed by atoms with Crippen LogP contribution in [-0.4, -0.2) is 48.0 Å². The lowest BCUT2D eigenvalue weighted by atomic mass is 10.2. The molecule has 30 heavy (non-hydrogen) atoms. The third-order valence-electron chi connectivity index (χ3n) is 4.85. The Kier molecular flexibility index (Phi) is 7.53. The van der Waals surface area contributed by atoms with Gasteiger partial charge >= 0.3 is 0 Å². The molecule has 0 unspecified atom stereocenters. The van der Waals surface area contributed by atoms with Crippen molar-refractivity contribution < 1.29 is 9.59 Å². The second-order valence-corrected chi connectivity index (χ2v) is 7.97. The van der Waals surface area contributed by atoms with Crippen molar-refractivity contribution >= 4 is 63.7 Å². The van der Waals surface area contributed by atoms with Crippen molar-refractivity contribution in [1.82, 2.24) is 10.2 Å². The van der Waals surface area contributed by atoms with Gasteiger partial charge in [-0.15, -0.1) is 0 Å². The molecular formula is C21H22Cl2N4O2S. The highest BCUT2D eigenvalue weighted by Crippen LogP contribution is 2.25. The van der Waals surface area contributed by atoms with E-state index in [2.05, 4.69) is 15.5 Å². The van der Waals surface area contributed by atoms with E-state index in [1.807, 2.05) is 36.1 Å². The Labute approximate surface area is 191 Å². The normalized spacial score (nSPS) is 13.7. The second kappa shape index (κ2) is 10.1. The molecule has 0 aromatic heterocycles. The number of hydrogen-bond acceptors (Lipinski definition) is 4. The van der Waals surface area contributed by atoms with E-state index in [0.717, 1.165) is 37.6 Å². The maximum atomic E-state index is 12.4. The first-order valence-electron chi connectivity index (χ1n) is 9.58. The fourth-order valence-corrected chi connectivity index (χ4v) is 3.80. The zero-order valence-corrected chi connectivity index (χ0v) is 18.8. The van der Waals surface area contributed by atoms with Crippen molar-refractivity contribution in [2.75, 3.05) is 36.4 Å². The number of hydrogen-bond donors (Lipinski definition) is 2. The van der Waals surface area contributed by atoms with Crippen molar-refractivity contribution in [2.24, 2.45) is 0 Å². The van der Waals surface area contributed by atoms with Crippen LogP contribution >= 0.6 is 35.4 Å². The number of piperazine rings is 1. The van der Waals surface area contributed by atoms with E-state index in [0.29, 0.717) is 11.4 Å². The number of nitrogens with one attached hydrogen (secondary N) is 2. The van der Waals surface area contributed by atoms with Crippen molar-refractivity contribution in [3.05, 3.63) is 58.1 Å². The summed E-state index contributed by atoms with van der Waals surface area (Å²) in [5.74, 6) is -0.236. The van der Waals surface area contributed by atoms with Gasteiger partial charge in [0.25, 0.3) is 5.91 Å². The molecule has 0 bridgehead atoms. The van der Waals surface area contributed by atoms with Crippen molar-refractivity contribution in [1.29, 1.82) is 0 Å². The van der Waals surface area contributed by atoms with Crippen LogP contribution in [0.4, 0.5) is 11.4 Å². The van der Waals surface area contributed by atoms with Gasteiger partial charge in [-0.25, -0.2) is 0 Å². The molecule has 1 heterocycles. The van der Waals surface area contributed by atoms with Crippen LogP contribution < -0.4 is 15.5 Å². The molecule has 158 valence electrons. The number of nitrogens with zero attached hydrogens (tertiary/aromatic N) is 2. The zero-order valence-electron chi connectivity index (χ0n) is 16.5. The van der Waals surface area contributed by atoms with E-state index in [-0.39, 0.29) is 21.6 Å².